The molecule has 0 unspecified atom stereocenters. The van der Waals surface area contributed by atoms with Crippen molar-refractivity contribution in [3.63, 3.8) is 0 Å². The third-order valence-electron chi connectivity index (χ3n) is 3.99. The Labute approximate surface area is 146 Å². The van der Waals surface area contributed by atoms with E-state index in [0.29, 0.717) is 35.4 Å². The van der Waals surface area contributed by atoms with E-state index in [-0.39, 0.29) is 11.3 Å². The summed E-state index contributed by atoms with van der Waals surface area (Å²) in [6.07, 6.45) is 3.05. The van der Waals surface area contributed by atoms with Crippen LogP contribution in [0.3, 0.4) is 0 Å². The summed E-state index contributed by atoms with van der Waals surface area (Å²) in [5.41, 5.74) is 0.427. The number of H-pyrrole nitrogens is 1. The minimum Gasteiger partial charge on any atom is -0.383 e. The van der Waals surface area contributed by atoms with Gasteiger partial charge in [-0.05, 0) is 12.1 Å². The Morgan fingerprint density at radius 2 is 2.15 bits per heavy atom. The number of nitrogens with zero attached hydrogens (tertiary/aromatic N) is 4. The molecule has 0 bridgehead atoms. The fourth-order valence-corrected chi connectivity index (χ4v) is 2.79. The Balaban J connectivity index is 2.02. The predicted octanol–water partition coefficient (Wildman–Crippen LogP) is 1.85. The van der Waals surface area contributed by atoms with Crippen molar-refractivity contribution < 1.29 is 9.13 Å². The van der Waals surface area contributed by atoms with Crippen LogP contribution in [0, 0.1) is 5.82 Å². The number of para-hydroxylation sites is 1. The van der Waals surface area contributed by atoms with Gasteiger partial charge in [-0.2, -0.15) is 10.1 Å². The summed E-state index contributed by atoms with van der Waals surface area (Å²) in [6.45, 7) is 0.969. The third-order valence-corrected chi connectivity index (χ3v) is 3.99. The van der Waals surface area contributed by atoms with Crippen LogP contribution in [0.5, 0.6) is 0 Å². The summed E-state index contributed by atoms with van der Waals surface area (Å²) >= 11 is 0. The van der Waals surface area contributed by atoms with E-state index in [4.69, 9.17) is 4.74 Å². The van der Waals surface area contributed by atoms with E-state index in [2.05, 4.69) is 25.5 Å². The second kappa shape index (κ2) is 6.52. The molecular weight excluding hydrogens is 339 g/mol. The molecule has 0 radical (unpaired) electrons. The number of aromatic nitrogens is 5. The smallest absolute Gasteiger partial charge is 0.267 e. The predicted molar refractivity (Wildman–Crippen MR) is 95.1 cm³/mol. The van der Waals surface area contributed by atoms with Crippen LogP contribution in [-0.4, -0.2) is 45.0 Å². The van der Waals surface area contributed by atoms with Gasteiger partial charge in [0.05, 0.1) is 23.1 Å². The molecule has 132 valence electrons. The molecule has 0 saturated heterocycles. The number of ether oxygens (including phenoxy) is 1. The molecule has 0 amide bonds. The molecule has 26 heavy (non-hydrogen) atoms. The minimum absolute atomic E-state index is 0.118. The molecule has 3 heterocycles. The number of anilines is 1. The average Bonchev–Trinajstić information content (AvgIpc) is 3.14. The van der Waals surface area contributed by atoms with Gasteiger partial charge in [-0.25, -0.2) is 9.37 Å². The van der Waals surface area contributed by atoms with Crippen molar-refractivity contribution in [2.45, 2.75) is 0 Å². The number of methoxy groups -OCH3 is 1. The van der Waals surface area contributed by atoms with Crippen molar-refractivity contribution >= 4 is 27.9 Å². The van der Waals surface area contributed by atoms with Gasteiger partial charge in [0.2, 0.25) is 5.95 Å². The van der Waals surface area contributed by atoms with Gasteiger partial charge >= 0.3 is 0 Å². The van der Waals surface area contributed by atoms with E-state index in [9.17, 15) is 9.18 Å². The number of pyridine rings is 1. The van der Waals surface area contributed by atoms with Gasteiger partial charge in [0.1, 0.15) is 11.3 Å². The van der Waals surface area contributed by atoms with Gasteiger partial charge < -0.3 is 10.1 Å². The lowest BCUT2D eigenvalue weighted by molar-refractivity contribution is 0.210. The molecule has 0 aliphatic heterocycles. The van der Waals surface area contributed by atoms with Crippen LogP contribution in [-0.2, 0) is 4.74 Å². The first-order valence-corrected chi connectivity index (χ1v) is 7.93. The van der Waals surface area contributed by atoms with Crippen molar-refractivity contribution in [3.05, 3.63) is 52.8 Å². The first kappa shape index (κ1) is 16.2. The number of halogens is 1. The summed E-state index contributed by atoms with van der Waals surface area (Å²) in [7, 11) is 1.59. The molecule has 1 aromatic carbocycles. The zero-order chi connectivity index (χ0) is 18.1. The summed E-state index contributed by atoms with van der Waals surface area (Å²) in [5.74, 6) is -0.208. The SMILES string of the molecule is COCCNc1ncc2c3n[nH]cc3c(=O)n(-c3ccccc3F)c2n1. The van der Waals surface area contributed by atoms with Gasteiger partial charge in [-0.15, -0.1) is 0 Å². The normalized spacial score (nSPS) is 11.3. The molecule has 4 aromatic rings. The number of nitrogens with one attached hydrogen (secondary N) is 2. The number of fused-ring (bicyclic) bond motifs is 3. The van der Waals surface area contributed by atoms with Crippen LogP contribution < -0.4 is 10.9 Å². The summed E-state index contributed by atoms with van der Waals surface area (Å²) < 4.78 is 20.6. The highest BCUT2D eigenvalue weighted by Gasteiger charge is 2.18. The molecule has 0 fully saturated rings. The molecule has 9 heteroatoms. The van der Waals surface area contributed by atoms with Crippen molar-refractivity contribution in [1.29, 1.82) is 0 Å². The van der Waals surface area contributed by atoms with Crippen LogP contribution in [0.25, 0.3) is 27.6 Å². The van der Waals surface area contributed by atoms with E-state index in [1.807, 2.05) is 0 Å². The van der Waals surface area contributed by atoms with E-state index in [1.54, 1.807) is 25.4 Å². The molecule has 8 nitrogen and oxygen atoms in total. The fraction of sp³-hybridized carbons (Fsp3) is 0.176. The van der Waals surface area contributed by atoms with Crippen LogP contribution in [0.2, 0.25) is 0 Å². The van der Waals surface area contributed by atoms with E-state index in [0.717, 1.165) is 0 Å². The van der Waals surface area contributed by atoms with Gasteiger partial charge in [-0.3, -0.25) is 14.5 Å². The molecule has 0 aliphatic rings. The highest BCUT2D eigenvalue weighted by molar-refractivity contribution is 6.02. The zero-order valence-corrected chi connectivity index (χ0v) is 13.9. The Bertz CT molecular complexity index is 1150. The molecule has 0 saturated carbocycles. The standard InChI is InChI=1S/C17H15FN6O2/c1-26-7-6-19-17-20-8-10-14-11(9-21-23-14)16(25)24(15(10)22-17)13-5-3-2-4-12(13)18/h2-5,8-9H,6-7H2,1H3,(H,21,23)(H,19,20,22). The largest absolute Gasteiger partial charge is 0.383 e. The van der Waals surface area contributed by atoms with Crippen molar-refractivity contribution in [2.75, 3.05) is 25.6 Å². The van der Waals surface area contributed by atoms with E-state index >= 15 is 0 Å². The van der Waals surface area contributed by atoms with Gasteiger partial charge in [0.15, 0.2) is 5.65 Å². The Morgan fingerprint density at radius 3 is 2.96 bits per heavy atom. The topological polar surface area (TPSA) is 97.7 Å². The highest BCUT2D eigenvalue weighted by Crippen LogP contribution is 2.23. The maximum absolute atomic E-state index is 14.4. The van der Waals surface area contributed by atoms with Gasteiger partial charge in [-0.1, -0.05) is 12.1 Å². The molecule has 0 aliphatic carbocycles. The molecule has 0 atom stereocenters. The van der Waals surface area contributed by atoms with E-state index < -0.39 is 11.4 Å². The summed E-state index contributed by atoms with van der Waals surface area (Å²) in [4.78, 5) is 21.6. The molecule has 2 N–H and O–H groups in total. The molecule has 0 spiro atoms. The zero-order valence-electron chi connectivity index (χ0n) is 13.9. The van der Waals surface area contributed by atoms with Gasteiger partial charge in [0, 0.05) is 26.0 Å². The Morgan fingerprint density at radius 1 is 1.31 bits per heavy atom. The number of hydrogen-bond donors (Lipinski definition) is 2. The molecular formula is C17H15FN6O2. The van der Waals surface area contributed by atoms with Gasteiger partial charge in [0.25, 0.3) is 5.56 Å². The van der Waals surface area contributed by atoms with Crippen LogP contribution >= 0.6 is 0 Å². The number of aromatic amines is 1. The first-order valence-electron chi connectivity index (χ1n) is 7.93. The maximum Gasteiger partial charge on any atom is 0.267 e. The Kier molecular flexibility index (Phi) is 4.05. The average molecular weight is 354 g/mol. The fourth-order valence-electron chi connectivity index (χ4n) is 2.79. The summed E-state index contributed by atoms with van der Waals surface area (Å²) in [5, 5.41) is 10.7. The van der Waals surface area contributed by atoms with Crippen LogP contribution in [0.1, 0.15) is 0 Å². The lowest BCUT2D eigenvalue weighted by atomic mass is 10.2. The lowest BCUT2D eigenvalue weighted by Gasteiger charge is -2.12. The maximum atomic E-state index is 14.4. The molecule has 4 rings (SSSR count). The van der Waals surface area contributed by atoms with Crippen molar-refractivity contribution in [3.8, 4) is 5.69 Å². The number of rotatable bonds is 5. The van der Waals surface area contributed by atoms with Crippen LogP contribution in [0.15, 0.2) is 41.5 Å². The minimum atomic E-state index is -0.522. The van der Waals surface area contributed by atoms with Crippen molar-refractivity contribution in [1.82, 2.24) is 24.7 Å². The summed E-state index contributed by atoms with van der Waals surface area (Å²) in [6, 6.07) is 6.05. The third kappa shape index (κ3) is 2.58. The lowest BCUT2D eigenvalue weighted by Crippen LogP contribution is -2.21. The Hall–Kier alpha value is -3.33. The molecule has 3 aromatic heterocycles. The van der Waals surface area contributed by atoms with Crippen LogP contribution in [0.4, 0.5) is 10.3 Å². The number of benzene rings is 1. The second-order valence-electron chi connectivity index (χ2n) is 5.59. The first-order chi connectivity index (χ1) is 12.7. The number of hydrogen-bond acceptors (Lipinski definition) is 6. The van der Waals surface area contributed by atoms with Crippen molar-refractivity contribution in [2.24, 2.45) is 0 Å². The monoisotopic (exact) mass is 354 g/mol. The van der Waals surface area contributed by atoms with E-state index in [1.165, 1.54) is 22.9 Å². The second-order valence-corrected chi connectivity index (χ2v) is 5.59. The quantitative estimate of drug-likeness (QED) is 0.531. The highest BCUT2D eigenvalue weighted by atomic mass is 19.1.